The smallest absolute Gasteiger partial charge is 0.354 e. The van der Waals surface area contributed by atoms with Crippen molar-refractivity contribution in [2.75, 3.05) is 64.2 Å². The maximum atomic E-state index is 13.1. The van der Waals surface area contributed by atoms with Gasteiger partial charge in [0.2, 0.25) is 23.5 Å². The minimum atomic E-state index is -3.56. The number of likely N-dealkylation sites (N-methyl/N-ethyl adjacent to an activating group) is 2. The van der Waals surface area contributed by atoms with E-state index in [4.69, 9.17) is 29.2 Å². The molecule has 2 atom stereocenters. The number of pyridine rings is 2. The van der Waals surface area contributed by atoms with Crippen LogP contribution in [0.5, 0.6) is 23.5 Å². The number of rotatable bonds is 16. The van der Waals surface area contributed by atoms with Gasteiger partial charge in [0, 0.05) is 51.2 Å². The monoisotopic (exact) mass is 958 g/mol. The van der Waals surface area contributed by atoms with E-state index < -0.39 is 31.9 Å². The molecule has 2 unspecified atom stereocenters. The summed E-state index contributed by atoms with van der Waals surface area (Å²) < 4.78 is 59.7. The zero-order valence-electron chi connectivity index (χ0n) is 39.5. The Labute approximate surface area is 387 Å². The van der Waals surface area contributed by atoms with Gasteiger partial charge in [-0.3, -0.25) is 0 Å². The van der Waals surface area contributed by atoms with Crippen LogP contribution in [-0.2, 0) is 32.9 Å². The van der Waals surface area contributed by atoms with E-state index in [9.17, 15) is 18.0 Å². The van der Waals surface area contributed by atoms with Gasteiger partial charge in [0.25, 0.3) is 0 Å². The number of aromatic nitrogens is 6. The number of hydrogen-bond acceptors (Lipinski definition) is 14. The van der Waals surface area contributed by atoms with Crippen molar-refractivity contribution >= 4 is 43.3 Å². The van der Waals surface area contributed by atoms with Gasteiger partial charge in [-0.1, -0.05) is 55.4 Å². The van der Waals surface area contributed by atoms with Gasteiger partial charge in [0.1, 0.15) is 23.0 Å². The van der Waals surface area contributed by atoms with E-state index in [0.29, 0.717) is 98.9 Å². The Morgan fingerprint density at radius 3 is 1.39 bits per heavy atom. The van der Waals surface area contributed by atoms with E-state index in [0.717, 1.165) is 24.0 Å². The summed E-state index contributed by atoms with van der Waals surface area (Å²) in [6, 6.07) is 1.97. The van der Waals surface area contributed by atoms with E-state index >= 15 is 0 Å². The normalized spacial score (nSPS) is 15.0. The lowest BCUT2D eigenvalue weighted by atomic mass is 9.97. The number of amides is 4. The molecule has 0 radical (unpaired) electrons. The minimum absolute atomic E-state index is 0.0102. The van der Waals surface area contributed by atoms with Crippen LogP contribution in [0.15, 0.2) is 43.0 Å². The van der Waals surface area contributed by atoms with E-state index in [-0.39, 0.29) is 33.5 Å². The molecular weight excluding hydrogens is 893 g/mol. The molecule has 0 bridgehead atoms. The molecule has 8 N–H and O–H groups in total. The van der Waals surface area contributed by atoms with Gasteiger partial charge in [0.05, 0.1) is 48.4 Å². The van der Waals surface area contributed by atoms with Gasteiger partial charge < -0.3 is 40.2 Å². The van der Waals surface area contributed by atoms with E-state index in [1.165, 1.54) is 12.4 Å². The molecule has 0 fully saturated rings. The third-order valence-corrected chi connectivity index (χ3v) is 12.9. The molecule has 364 valence electrons. The van der Waals surface area contributed by atoms with Crippen LogP contribution in [0.4, 0.5) is 21.0 Å². The number of hydrogen-bond donors (Lipinski definition) is 6. The van der Waals surface area contributed by atoms with Gasteiger partial charge in [-0.05, 0) is 48.9 Å². The molecule has 6 rings (SSSR count). The van der Waals surface area contributed by atoms with Crippen LogP contribution in [0, 0.1) is 0 Å². The molecular formula is C42H66N14O8S2. The van der Waals surface area contributed by atoms with Crippen molar-refractivity contribution in [2.24, 2.45) is 19.0 Å². The second-order valence-electron chi connectivity index (χ2n) is 16.8. The fourth-order valence-electron chi connectivity index (χ4n) is 6.90. The van der Waals surface area contributed by atoms with Crippen LogP contribution in [-0.4, -0.2) is 104 Å². The second-order valence-corrected chi connectivity index (χ2v) is 20.3. The zero-order valence-corrected chi connectivity index (χ0v) is 41.1. The summed E-state index contributed by atoms with van der Waals surface area (Å²) in [5.74, 6) is 1.66. The third-order valence-electron chi connectivity index (χ3n) is 10.2. The molecule has 2 aliphatic rings. The number of carbonyl (C=O) groups is 2. The summed E-state index contributed by atoms with van der Waals surface area (Å²) in [6.07, 6.45) is 4.26. The topological polar surface area (TPSA) is 292 Å². The van der Waals surface area contributed by atoms with Gasteiger partial charge in [-0.15, -0.1) is 8.73 Å². The Kier molecular flexibility index (Phi) is 17.9. The van der Waals surface area contributed by atoms with Crippen molar-refractivity contribution in [1.82, 2.24) is 40.2 Å². The number of nitrogens with two attached hydrogens (primary N) is 2. The lowest BCUT2D eigenvalue weighted by Crippen LogP contribution is -2.21. The molecule has 0 aliphatic carbocycles. The summed E-state index contributed by atoms with van der Waals surface area (Å²) in [6.45, 7) is 20.4. The molecule has 4 amide bonds. The van der Waals surface area contributed by atoms with Crippen LogP contribution >= 0.6 is 0 Å². The summed E-state index contributed by atoms with van der Waals surface area (Å²) in [7, 11) is -3.44. The highest BCUT2D eigenvalue weighted by atomic mass is 32.2. The highest BCUT2D eigenvalue weighted by Crippen LogP contribution is 2.36. The molecule has 4 aromatic rings. The molecule has 0 spiro atoms. The Morgan fingerprint density at radius 2 is 1.06 bits per heavy atom. The SMILES string of the molecule is CNCCOc1cc(C(C)C)c(NC(=O)N=S(N)(=O)c2cnn3c2OCCC3)c(C(C)C)n1.CNCCOc1cc(C(C)C)c(NC(=O)N=S(N)(=O)c2cnn3c2OCCC3)c(C(C)C)n1. The fraction of sp³-hybridized carbons (Fsp3) is 0.571. The molecule has 24 heteroatoms. The molecule has 66 heavy (non-hydrogen) atoms. The molecule has 4 aromatic heterocycles. The van der Waals surface area contributed by atoms with Crippen LogP contribution in [0.25, 0.3) is 0 Å². The van der Waals surface area contributed by atoms with Gasteiger partial charge in [-0.2, -0.15) is 10.2 Å². The predicted octanol–water partition coefficient (Wildman–Crippen LogP) is 5.68. The Morgan fingerprint density at radius 1 is 0.682 bits per heavy atom. The molecule has 0 saturated heterocycles. The van der Waals surface area contributed by atoms with Gasteiger partial charge >= 0.3 is 12.1 Å². The maximum absolute atomic E-state index is 13.1. The van der Waals surface area contributed by atoms with Crippen LogP contribution < -0.4 is 50.5 Å². The van der Waals surface area contributed by atoms with Crippen molar-refractivity contribution in [3.63, 3.8) is 0 Å². The number of anilines is 2. The molecule has 6 heterocycles. The van der Waals surface area contributed by atoms with Crippen LogP contribution in [0.2, 0.25) is 0 Å². The Balaban J connectivity index is 0.000000247. The summed E-state index contributed by atoms with van der Waals surface area (Å²) in [5, 5.41) is 31.8. The van der Waals surface area contributed by atoms with Crippen molar-refractivity contribution in [2.45, 2.75) is 115 Å². The van der Waals surface area contributed by atoms with Crippen molar-refractivity contribution < 1.29 is 37.0 Å². The van der Waals surface area contributed by atoms with Gasteiger partial charge in [0.15, 0.2) is 19.8 Å². The second kappa shape index (κ2) is 22.9. The van der Waals surface area contributed by atoms with Crippen molar-refractivity contribution in [1.29, 1.82) is 0 Å². The lowest BCUT2D eigenvalue weighted by molar-refractivity contribution is 0.224. The average molecular weight is 959 g/mol. The standard InChI is InChI=1S/2C21H33N7O4S/c2*1-13(2)15-11-17(31-10-7-23-5)25-18(14(3)4)19(15)26-21(29)27-33(22,30)16-12-24-28-8-6-9-32-20(16)28/h2*11-14,23H,6-10H2,1-5H3,(H3,22,26,27,29,30). The summed E-state index contributed by atoms with van der Waals surface area (Å²) >= 11 is 0. The number of carbonyl (C=O) groups excluding carboxylic acids is 2. The lowest BCUT2D eigenvalue weighted by Gasteiger charge is -2.20. The first-order valence-electron chi connectivity index (χ1n) is 22.0. The largest absolute Gasteiger partial charge is 0.477 e. The van der Waals surface area contributed by atoms with E-state index in [2.05, 4.69) is 50.2 Å². The fourth-order valence-corrected chi connectivity index (χ4v) is 8.90. The number of aryl methyl sites for hydroxylation is 2. The molecule has 0 saturated carbocycles. The number of urea groups is 2. The Hall–Kier alpha value is -5.40. The van der Waals surface area contributed by atoms with Crippen LogP contribution in [0.1, 0.15) is 114 Å². The first-order chi connectivity index (χ1) is 31.3. The first kappa shape index (κ1) is 51.6. The van der Waals surface area contributed by atoms with E-state index in [1.54, 1.807) is 9.36 Å². The van der Waals surface area contributed by atoms with E-state index in [1.807, 2.05) is 81.6 Å². The quantitative estimate of drug-likeness (QED) is 0.0738. The predicted molar refractivity (Wildman–Crippen MR) is 252 cm³/mol. The maximum Gasteiger partial charge on any atom is 0.354 e. The summed E-state index contributed by atoms with van der Waals surface area (Å²) in [4.78, 5) is 35.1. The van der Waals surface area contributed by atoms with Crippen LogP contribution in [0.3, 0.4) is 0 Å². The number of nitrogens with zero attached hydrogens (tertiary/aromatic N) is 8. The molecule has 0 aromatic carbocycles. The highest BCUT2D eigenvalue weighted by molar-refractivity contribution is 7.92. The van der Waals surface area contributed by atoms with Crippen molar-refractivity contribution in [3.05, 3.63) is 47.0 Å². The zero-order chi connectivity index (χ0) is 48.3. The van der Waals surface area contributed by atoms with Crippen molar-refractivity contribution in [3.8, 4) is 23.5 Å². The number of nitrogens with one attached hydrogen (secondary N) is 4. The number of ether oxygens (including phenoxy) is 4. The number of fused-ring (bicyclic) bond motifs is 2. The molecule has 2 aliphatic heterocycles. The summed E-state index contributed by atoms with van der Waals surface area (Å²) in [5.41, 5.74) is 4.03. The van der Waals surface area contributed by atoms with Gasteiger partial charge in [-0.25, -0.2) is 47.6 Å². The first-order valence-corrected chi connectivity index (χ1v) is 25.2. The minimum Gasteiger partial charge on any atom is -0.477 e. The highest BCUT2D eigenvalue weighted by Gasteiger charge is 2.27. The molecule has 22 nitrogen and oxygen atoms in total. The average Bonchev–Trinajstić information content (AvgIpc) is 3.90. The third kappa shape index (κ3) is 12.9. The Bertz CT molecular complexity index is 2360.